The minimum Gasteiger partial charge on any atom is -0.485 e. The number of fused-ring (bicyclic) bond motifs is 1. The van der Waals surface area contributed by atoms with Gasteiger partial charge in [-0.3, -0.25) is 4.79 Å². The van der Waals surface area contributed by atoms with Gasteiger partial charge in [0.2, 0.25) is 5.78 Å². The lowest BCUT2D eigenvalue weighted by molar-refractivity contribution is 0.0585. The lowest BCUT2D eigenvalue weighted by Crippen LogP contribution is -2.36. The molecule has 1 aromatic heterocycles. The summed E-state index contributed by atoms with van der Waals surface area (Å²) in [6.45, 7) is 4.23. The Balaban J connectivity index is 1.85. The molecule has 3 rings (SSSR count). The van der Waals surface area contributed by atoms with Gasteiger partial charge in [-0.25, -0.2) is 0 Å². The summed E-state index contributed by atoms with van der Waals surface area (Å²) in [7, 11) is 0. The van der Waals surface area contributed by atoms with Crippen molar-refractivity contribution in [3.8, 4) is 11.5 Å². The molecule has 0 N–H and O–H groups in total. The third-order valence-corrected chi connectivity index (χ3v) is 4.07. The summed E-state index contributed by atoms with van der Waals surface area (Å²) in [6.07, 6.45) is -0.553. The number of benzene rings is 1. The summed E-state index contributed by atoms with van der Waals surface area (Å²) in [5.41, 5.74) is 0.746. The molecule has 3 nitrogen and oxygen atoms in total. The molecule has 0 fully saturated rings. The minimum atomic E-state index is -0.553. The molecule has 19 heavy (non-hydrogen) atoms. The standard InChI is InChI=1S/C15H14O3S/c1-9-7-11(10(2)19-9)15(16)14-8-17-12-5-3-4-6-13(12)18-14/h3-7,14H,8H2,1-2H3. The van der Waals surface area contributed by atoms with Crippen LogP contribution in [0.5, 0.6) is 11.5 Å². The molecule has 98 valence electrons. The Kier molecular flexibility index (Phi) is 3.03. The Morgan fingerprint density at radius 2 is 2.00 bits per heavy atom. The number of Topliss-reactive ketones (excluding diaryl/α,β-unsaturated/α-hetero) is 1. The highest BCUT2D eigenvalue weighted by Gasteiger charge is 2.29. The first-order chi connectivity index (χ1) is 9.15. The second-order valence-electron chi connectivity index (χ2n) is 4.56. The molecule has 0 amide bonds. The molecule has 0 saturated carbocycles. The second-order valence-corrected chi connectivity index (χ2v) is 6.02. The largest absolute Gasteiger partial charge is 0.485 e. The molecule has 2 aromatic rings. The van der Waals surface area contributed by atoms with Crippen LogP contribution in [0, 0.1) is 13.8 Å². The van der Waals surface area contributed by atoms with E-state index in [0.29, 0.717) is 11.5 Å². The smallest absolute Gasteiger partial charge is 0.207 e. The van der Waals surface area contributed by atoms with E-state index in [4.69, 9.17) is 9.47 Å². The van der Waals surface area contributed by atoms with E-state index in [1.54, 1.807) is 11.3 Å². The number of hydrogen-bond donors (Lipinski definition) is 0. The van der Waals surface area contributed by atoms with Crippen LogP contribution in [0.25, 0.3) is 0 Å². The van der Waals surface area contributed by atoms with E-state index in [1.165, 1.54) is 0 Å². The summed E-state index contributed by atoms with van der Waals surface area (Å²) >= 11 is 1.63. The molecule has 0 radical (unpaired) electrons. The Labute approximate surface area is 115 Å². The van der Waals surface area contributed by atoms with E-state index in [0.717, 1.165) is 15.3 Å². The van der Waals surface area contributed by atoms with Crippen LogP contribution in [-0.2, 0) is 0 Å². The van der Waals surface area contributed by atoms with Gasteiger partial charge in [0, 0.05) is 15.3 Å². The zero-order valence-corrected chi connectivity index (χ0v) is 11.6. The quantitative estimate of drug-likeness (QED) is 0.787. The second kappa shape index (κ2) is 4.70. The average Bonchev–Trinajstić information content (AvgIpc) is 2.76. The minimum absolute atomic E-state index is 0.00338. The SMILES string of the molecule is Cc1cc(C(=O)C2COc3ccccc3O2)c(C)s1. The van der Waals surface area contributed by atoms with Crippen molar-refractivity contribution < 1.29 is 14.3 Å². The zero-order chi connectivity index (χ0) is 13.4. The highest BCUT2D eigenvalue weighted by atomic mass is 32.1. The van der Waals surface area contributed by atoms with Gasteiger partial charge in [-0.2, -0.15) is 0 Å². The number of para-hydroxylation sites is 2. The van der Waals surface area contributed by atoms with Crippen LogP contribution in [0.2, 0.25) is 0 Å². The molecule has 1 unspecified atom stereocenters. The molecule has 0 spiro atoms. The van der Waals surface area contributed by atoms with Crippen molar-refractivity contribution in [2.24, 2.45) is 0 Å². The molecule has 1 aliphatic rings. The van der Waals surface area contributed by atoms with Gasteiger partial charge in [-0.15, -0.1) is 11.3 Å². The van der Waals surface area contributed by atoms with Crippen molar-refractivity contribution in [2.45, 2.75) is 20.0 Å². The van der Waals surface area contributed by atoms with Crippen LogP contribution in [0.3, 0.4) is 0 Å². The number of aryl methyl sites for hydroxylation is 2. The number of rotatable bonds is 2. The Hall–Kier alpha value is -1.81. The van der Waals surface area contributed by atoms with Crippen molar-refractivity contribution in [2.75, 3.05) is 6.61 Å². The summed E-state index contributed by atoms with van der Waals surface area (Å²) in [5.74, 6) is 1.33. The highest BCUT2D eigenvalue weighted by molar-refractivity contribution is 7.12. The first-order valence-electron chi connectivity index (χ1n) is 6.15. The van der Waals surface area contributed by atoms with E-state index in [2.05, 4.69) is 0 Å². The molecule has 1 aliphatic heterocycles. The maximum Gasteiger partial charge on any atom is 0.207 e. The number of thiophene rings is 1. The lowest BCUT2D eigenvalue weighted by Gasteiger charge is -2.25. The first-order valence-corrected chi connectivity index (χ1v) is 6.96. The van der Waals surface area contributed by atoms with Gasteiger partial charge in [0.25, 0.3) is 0 Å². The van der Waals surface area contributed by atoms with Crippen LogP contribution < -0.4 is 9.47 Å². The third-order valence-electron chi connectivity index (χ3n) is 3.11. The van der Waals surface area contributed by atoms with Crippen LogP contribution in [-0.4, -0.2) is 18.5 Å². The molecular weight excluding hydrogens is 260 g/mol. The molecule has 2 heterocycles. The van der Waals surface area contributed by atoms with Crippen LogP contribution in [0.1, 0.15) is 20.1 Å². The summed E-state index contributed by atoms with van der Waals surface area (Å²) in [4.78, 5) is 14.6. The summed E-state index contributed by atoms with van der Waals surface area (Å²) in [6, 6.07) is 9.34. The monoisotopic (exact) mass is 274 g/mol. The fraction of sp³-hybridized carbons (Fsp3) is 0.267. The molecule has 4 heteroatoms. The normalized spacial score (nSPS) is 17.3. The molecular formula is C15H14O3S. The van der Waals surface area contributed by atoms with Gasteiger partial charge in [-0.05, 0) is 32.0 Å². The molecule has 1 aromatic carbocycles. The first kappa shape index (κ1) is 12.2. The number of hydrogen-bond acceptors (Lipinski definition) is 4. The Bertz CT molecular complexity index is 630. The molecule has 0 bridgehead atoms. The van der Waals surface area contributed by atoms with Gasteiger partial charge in [0.05, 0.1) is 0 Å². The van der Waals surface area contributed by atoms with Gasteiger partial charge >= 0.3 is 0 Å². The average molecular weight is 274 g/mol. The van der Waals surface area contributed by atoms with Crippen molar-refractivity contribution in [3.63, 3.8) is 0 Å². The van der Waals surface area contributed by atoms with Crippen molar-refractivity contribution in [1.82, 2.24) is 0 Å². The topological polar surface area (TPSA) is 35.5 Å². The number of carbonyl (C=O) groups is 1. The number of ether oxygens (including phenoxy) is 2. The van der Waals surface area contributed by atoms with Gasteiger partial charge in [-0.1, -0.05) is 12.1 Å². The van der Waals surface area contributed by atoms with Gasteiger partial charge in [0.1, 0.15) is 6.61 Å². The van der Waals surface area contributed by atoms with Crippen LogP contribution >= 0.6 is 11.3 Å². The third kappa shape index (κ3) is 2.24. The lowest BCUT2D eigenvalue weighted by atomic mass is 10.1. The van der Waals surface area contributed by atoms with Crippen LogP contribution in [0.15, 0.2) is 30.3 Å². The fourth-order valence-corrected chi connectivity index (χ4v) is 3.13. The van der Waals surface area contributed by atoms with E-state index >= 15 is 0 Å². The Morgan fingerprint density at radius 3 is 2.68 bits per heavy atom. The van der Waals surface area contributed by atoms with E-state index in [1.807, 2.05) is 44.2 Å². The van der Waals surface area contributed by atoms with E-state index in [9.17, 15) is 4.79 Å². The van der Waals surface area contributed by atoms with Crippen LogP contribution in [0.4, 0.5) is 0 Å². The highest BCUT2D eigenvalue weighted by Crippen LogP contribution is 2.32. The van der Waals surface area contributed by atoms with Crippen molar-refractivity contribution in [1.29, 1.82) is 0 Å². The zero-order valence-electron chi connectivity index (χ0n) is 10.8. The number of ketones is 1. The maximum atomic E-state index is 12.4. The van der Waals surface area contributed by atoms with Crippen molar-refractivity contribution >= 4 is 17.1 Å². The Morgan fingerprint density at radius 1 is 1.26 bits per heavy atom. The van der Waals surface area contributed by atoms with Gasteiger partial charge < -0.3 is 9.47 Å². The molecule has 0 saturated heterocycles. The maximum absolute atomic E-state index is 12.4. The molecule has 0 aliphatic carbocycles. The summed E-state index contributed by atoms with van der Waals surface area (Å²) in [5, 5.41) is 0. The predicted molar refractivity (Wildman–Crippen MR) is 74.5 cm³/mol. The number of carbonyl (C=O) groups excluding carboxylic acids is 1. The van der Waals surface area contributed by atoms with E-state index in [-0.39, 0.29) is 12.4 Å². The predicted octanol–water partition coefficient (Wildman–Crippen LogP) is 3.39. The van der Waals surface area contributed by atoms with E-state index < -0.39 is 6.10 Å². The fourth-order valence-electron chi connectivity index (χ4n) is 2.20. The summed E-state index contributed by atoms with van der Waals surface area (Å²) < 4.78 is 11.3. The molecule has 1 atom stereocenters. The van der Waals surface area contributed by atoms with Gasteiger partial charge in [0.15, 0.2) is 17.6 Å². The van der Waals surface area contributed by atoms with Crippen molar-refractivity contribution in [3.05, 3.63) is 45.6 Å².